The normalized spacial score (nSPS) is 21.0. The van der Waals surface area contributed by atoms with Crippen molar-refractivity contribution >= 4 is 62.8 Å². The number of thioether (sulfide) groups is 1. The molecule has 0 aromatic heterocycles. The number of nitrogens with one attached hydrogen (secondary N) is 1. The molecule has 0 saturated heterocycles. The van der Waals surface area contributed by atoms with Gasteiger partial charge in [-0.2, -0.15) is 9.48 Å². The van der Waals surface area contributed by atoms with Crippen LogP contribution in [0.4, 0.5) is 10.5 Å². The predicted octanol–water partition coefficient (Wildman–Crippen LogP) is 3.76. The van der Waals surface area contributed by atoms with Gasteiger partial charge in [-0.1, -0.05) is 66.0 Å². The number of hydrogen-bond acceptors (Lipinski definition) is 6. The summed E-state index contributed by atoms with van der Waals surface area (Å²) in [6.45, 7) is 0. The molecule has 2 aromatic carbocycles. The van der Waals surface area contributed by atoms with Crippen molar-refractivity contribution in [2.45, 2.75) is 25.7 Å². The lowest BCUT2D eigenvalue weighted by molar-refractivity contribution is -0.407. The van der Waals surface area contributed by atoms with Gasteiger partial charge in [0.15, 0.2) is 5.92 Å². The number of nitrogens with zero attached hydrogens (tertiary/aromatic N) is 4. The number of carbonyl (C=O) groups excluding carboxylic acids is 3. The van der Waals surface area contributed by atoms with Crippen LogP contribution in [0.1, 0.15) is 25.7 Å². The molecule has 9 heteroatoms. The molecule has 2 heterocycles. The van der Waals surface area contributed by atoms with Crippen molar-refractivity contribution in [3.05, 3.63) is 42.5 Å². The van der Waals surface area contributed by atoms with Gasteiger partial charge in [-0.05, 0) is 24.3 Å². The molecule has 2 aromatic rings. The van der Waals surface area contributed by atoms with Gasteiger partial charge < -0.3 is 5.32 Å². The first-order chi connectivity index (χ1) is 16.4. The summed E-state index contributed by atoms with van der Waals surface area (Å²) in [4.78, 5) is 49.0. The highest BCUT2D eigenvalue weighted by Crippen LogP contribution is 2.32. The first-order valence-electron chi connectivity index (χ1n) is 11.4. The zero-order valence-electron chi connectivity index (χ0n) is 19.2. The Bertz CT molecular complexity index is 1290. The maximum absolute atomic E-state index is 13.0. The molecule has 1 unspecified atom stereocenters. The molecule has 4 amide bonds. The number of benzene rings is 2. The van der Waals surface area contributed by atoms with Crippen molar-refractivity contribution < 1.29 is 19.0 Å². The second-order valence-electron chi connectivity index (χ2n) is 8.80. The van der Waals surface area contributed by atoms with E-state index in [2.05, 4.69) is 10.3 Å². The van der Waals surface area contributed by atoms with Crippen molar-refractivity contribution in [1.29, 1.82) is 0 Å². The Hall–Kier alpha value is -3.33. The SMILES string of the molecule is CN1C(=O)C2C(SCC(=O)Nc3cccc4ccccc34)=NC(C3CCCC3)=NC2=[N+](C)C1=O. The molecule has 2 aliphatic heterocycles. The smallest absolute Gasteiger partial charge is 0.325 e. The van der Waals surface area contributed by atoms with E-state index < -0.39 is 11.9 Å². The molecule has 1 atom stereocenters. The van der Waals surface area contributed by atoms with Crippen LogP contribution >= 0.6 is 11.8 Å². The Balaban J connectivity index is 1.40. The van der Waals surface area contributed by atoms with Gasteiger partial charge >= 0.3 is 11.9 Å². The molecule has 0 bridgehead atoms. The van der Waals surface area contributed by atoms with Gasteiger partial charge in [-0.15, -0.1) is 0 Å². The van der Waals surface area contributed by atoms with E-state index in [0.717, 1.165) is 47.0 Å². The van der Waals surface area contributed by atoms with Gasteiger partial charge in [0.05, 0.1) is 19.8 Å². The maximum Gasteiger partial charge on any atom is 0.445 e. The summed E-state index contributed by atoms with van der Waals surface area (Å²) < 4.78 is 1.42. The average Bonchev–Trinajstić information content (AvgIpc) is 3.40. The van der Waals surface area contributed by atoms with Gasteiger partial charge in [-0.3, -0.25) is 9.59 Å². The molecular formula is C25H26N5O3S+. The number of aliphatic imine (C=N–C) groups is 2. The number of rotatable bonds is 4. The van der Waals surface area contributed by atoms with Gasteiger partial charge in [0.2, 0.25) is 11.7 Å². The van der Waals surface area contributed by atoms with Crippen LogP contribution in [0.25, 0.3) is 10.8 Å². The minimum absolute atomic E-state index is 0.0957. The number of carbonyl (C=O) groups is 3. The summed E-state index contributed by atoms with van der Waals surface area (Å²) in [5.41, 5.74) is 0.744. The number of imide groups is 1. The van der Waals surface area contributed by atoms with Crippen LogP contribution in [0.15, 0.2) is 52.4 Å². The average molecular weight is 477 g/mol. The number of urea groups is 1. The minimum atomic E-state index is -0.770. The Kier molecular flexibility index (Phi) is 6.03. The molecule has 1 aliphatic carbocycles. The minimum Gasteiger partial charge on any atom is -0.325 e. The highest BCUT2D eigenvalue weighted by Gasteiger charge is 2.49. The van der Waals surface area contributed by atoms with Gasteiger partial charge in [0, 0.05) is 17.0 Å². The highest BCUT2D eigenvalue weighted by molar-refractivity contribution is 8.14. The lowest BCUT2D eigenvalue weighted by Gasteiger charge is -2.27. The lowest BCUT2D eigenvalue weighted by atomic mass is 10.0. The molecule has 174 valence electrons. The summed E-state index contributed by atoms with van der Waals surface area (Å²) in [6.07, 6.45) is 4.21. The number of amides is 4. The Morgan fingerprint density at radius 1 is 1.12 bits per heavy atom. The topological polar surface area (TPSA) is 94.2 Å². The standard InChI is InChI=1S/C25H25N5O3S/c1-29-22-20(24(32)30(2)25(29)33)23(28-21(27-22)16-9-3-4-10-16)34-14-19(31)26-18-13-7-11-15-8-5-6-12-17(15)18/h5-8,11-13,16,20H,3-4,9-10,14H2,1-2H3/p+1. The lowest BCUT2D eigenvalue weighted by Crippen LogP contribution is -2.55. The summed E-state index contributed by atoms with van der Waals surface area (Å²) in [7, 11) is 3.09. The summed E-state index contributed by atoms with van der Waals surface area (Å²) in [5.74, 6) is 0.0580. The molecule has 1 N–H and O–H groups in total. The van der Waals surface area contributed by atoms with Crippen LogP contribution in [-0.2, 0) is 9.59 Å². The third-order valence-corrected chi connectivity index (χ3v) is 7.62. The second-order valence-corrected chi connectivity index (χ2v) is 9.79. The predicted molar refractivity (Wildman–Crippen MR) is 135 cm³/mol. The Labute approximate surface area is 201 Å². The Morgan fingerprint density at radius 2 is 1.85 bits per heavy atom. The second kappa shape index (κ2) is 9.13. The molecule has 1 saturated carbocycles. The number of anilines is 1. The largest absolute Gasteiger partial charge is 0.445 e. The van der Waals surface area contributed by atoms with Crippen molar-refractivity contribution in [2.75, 3.05) is 25.2 Å². The van der Waals surface area contributed by atoms with Gasteiger partial charge in [-0.25, -0.2) is 9.79 Å². The fourth-order valence-corrected chi connectivity index (χ4v) is 5.61. The highest BCUT2D eigenvalue weighted by atomic mass is 32.2. The van der Waals surface area contributed by atoms with E-state index in [-0.39, 0.29) is 23.5 Å². The molecule has 0 radical (unpaired) electrons. The van der Waals surface area contributed by atoms with Crippen LogP contribution in [0, 0.1) is 11.8 Å². The first-order valence-corrected chi connectivity index (χ1v) is 12.4. The summed E-state index contributed by atoms with van der Waals surface area (Å²) in [6, 6.07) is 13.2. The van der Waals surface area contributed by atoms with E-state index in [0.29, 0.717) is 16.7 Å². The molecular weight excluding hydrogens is 450 g/mol. The zero-order valence-corrected chi connectivity index (χ0v) is 20.0. The molecule has 34 heavy (non-hydrogen) atoms. The number of amidine groups is 2. The van der Waals surface area contributed by atoms with Crippen LogP contribution < -0.4 is 5.32 Å². The summed E-state index contributed by atoms with van der Waals surface area (Å²) >= 11 is 1.24. The van der Waals surface area contributed by atoms with Crippen LogP contribution in [0.3, 0.4) is 0 Å². The molecule has 8 nitrogen and oxygen atoms in total. The third-order valence-electron chi connectivity index (χ3n) is 6.59. The molecule has 0 spiro atoms. The van der Waals surface area contributed by atoms with Crippen molar-refractivity contribution in [3.63, 3.8) is 0 Å². The van der Waals surface area contributed by atoms with E-state index in [1.165, 1.54) is 23.4 Å². The molecule has 1 fully saturated rings. The van der Waals surface area contributed by atoms with E-state index in [9.17, 15) is 14.4 Å². The summed E-state index contributed by atoms with van der Waals surface area (Å²) in [5, 5.41) is 5.52. The number of hydrogen-bond donors (Lipinski definition) is 1. The van der Waals surface area contributed by atoms with Crippen LogP contribution in [0.2, 0.25) is 0 Å². The van der Waals surface area contributed by atoms with Crippen molar-refractivity contribution in [2.24, 2.45) is 21.8 Å². The fraction of sp³-hybridized carbons (Fsp3) is 0.360. The monoisotopic (exact) mass is 476 g/mol. The Morgan fingerprint density at radius 3 is 2.65 bits per heavy atom. The molecule has 3 aliphatic rings. The van der Waals surface area contributed by atoms with Crippen LogP contribution in [0.5, 0.6) is 0 Å². The van der Waals surface area contributed by atoms with E-state index in [1.807, 2.05) is 42.5 Å². The first kappa shape index (κ1) is 22.5. The van der Waals surface area contributed by atoms with Crippen molar-refractivity contribution in [3.8, 4) is 0 Å². The van der Waals surface area contributed by atoms with E-state index in [4.69, 9.17) is 4.99 Å². The third kappa shape index (κ3) is 4.04. The zero-order chi connectivity index (χ0) is 23.8. The van der Waals surface area contributed by atoms with Crippen molar-refractivity contribution in [1.82, 2.24) is 4.90 Å². The fourth-order valence-electron chi connectivity index (χ4n) is 4.73. The van der Waals surface area contributed by atoms with Gasteiger partial charge in [0.25, 0.3) is 5.84 Å². The number of fused-ring (bicyclic) bond motifs is 2. The molecule has 5 rings (SSSR count). The quantitative estimate of drug-likeness (QED) is 0.680. The van der Waals surface area contributed by atoms with E-state index in [1.54, 1.807) is 7.05 Å². The maximum atomic E-state index is 13.0. The van der Waals surface area contributed by atoms with Crippen LogP contribution in [-0.4, -0.2) is 63.9 Å². The van der Waals surface area contributed by atoms with E-state index >= 15 is 0 Å². The van der Waals surface area contributed by atoms with Gasteiger partial charge in [0.1, 0.15) is 5.04 Å².